The predicted octanol–water partition coefficient (Wildman–Crippen LogP) is 5.24. The highest BCUT2D eigenvalue weighted by Crippen LogP contribution is 2.38. The van der Waals surface area contributed by atoms with Crippen LogP contribution in [0.1, 0.15) is 25.0 Å². The van der Waals surface area contributed by atoms with Crippen LogP contribution in [0.2, 0.25) is 5.02 Å². The lowest BCUT2D eigenvalue weighted by Gasteiger charge is -2.08. The van der Waals surface area contributed by atoms with Crippen LogP contribution >= 0.6 is 23.4 Å². The van der Waals surface area contributed by atoms with E-state index in [1.165, 1.54) is 22.2 Å². The van der Waals surface area contributed by atoms with Gasteiger partial charge in [-0.3, -0.25) is 9.69 Å². The first-order chi connectivity index (χ1) is 13.4. The van der Waals surface area contributed by atoms with Crippen molar-refractivity contribution < 1.29 is 14.6 Å². The van der Waals surface area contributed by atoms with E-state index in [1.807, 2.05) is 31.2 Å². The molecule has 0 unspecified atom stereocenters. The Hall–Kier alpha value is -2.44. The second-order valence-electron chi connectivity index (χ2n) is 6.17. The molecule has 5 nitrogen and oxygen atoms in total. The van der Waals surface area contributed by atoms with E-state index in [2.05, 4.69) is 11.9 Å². The van der Waals surface area contributed by atoms with Gasteiger partial charge in [-0.1, -0.05) is 30.7 Å². The van der Waals surface area contributed by atoms with E-state index in [4.69, 9.17) is 16.3 Å². The third-order valence-electron chi connectivity index (χ3n) is 4.22. The summed E-state index contributed by atoms with van der Waals surface area (Å²) >= 11 is 7.38. The third kappa shape index (κ3) is 4.34. The first-order valence-corrected chi connectivity index (χ1v) is 10.1. The number of rotatable bonds is 5. The van der Waals surface area contributed by atoms with Gasteiger partial charge in [0.1, 0.15) is 0 Å². The first-order valence-electron chi connectivity index (χ1n) is 8.93. The highest BCUT2D eigenvalue weighted by Gasteiger charge is 2.30. The van der Waals surface area contributed by atoms with Crippen LogP contribution in [0.3, 0.4) is 0 Å². The second kappa shape index (κ2) is 8.71. The number of likely N-dealkylation sites (N-methyl/N-ethyl adjacent to an activating group) is 1. The molecule has 0 aromatic heterocycles. The number of aliphatic imine (C=N–C) groups is 1. The lowest BCUT2D eigenvalue weighted by Crippen LogP contribution is -2.23. The zero-order valence-electron chi connectivity index (χ0n) is 15.9. The number of phenolic OH excluding ortho intramolecular Hbond substituents is 1. The Kier molecular flexibility index (Phi) is 6.31. The maximum absolute atomic E-state index is 12.6. The van der Waals surface area contributed by atoms with Gasteiger partial charge in [-0.2, -0.15) is 0 Å². The van der Waals surface area contributed by atoms with E-state index in [0.29, 0.717) is 22.2 Å². The molecule has 1 fully saturated rings. The molecule has 0 radical (unpaired) electrons. The number of carbonyl (C=O) groups excluding carboxylic acids is 1. The maximum atomic E-state index is 12.6. The van der Waals surface area contributed by atoms with Crippen molar-refractivity contribution in [3.63, 3.8) is 0 Å². The molecule has 7 heteroatoms. The smallest absolute Gasteiger partial charge is 0.266 e. The van der Waals surface area contributed by atoms with Gasteiger partial charge in [0.2, 0.25) is 0 Å². The summed E-state index contributed by atoms with van der Waals surface area (Å²) in [5.41, 5.74) is 2.71. The molecule has 0 atom stereocenters. The van der Waals surface area contributed by atoms with Crippen LogP contribution in [0.4, 0.5) is 5.69 Å². The topological polar surface area (TPSA) is 62.1 Å². The summed E-state index contributed by atoms with van der Waals surface area (Å²) in [5.74, 6) is 0.0394. The summed E-state index contributed by atoms with van der Waals surface area (Å²) in [4.78, 5) is 19.3. The normalized spacial score (nSPS) is 17.0. The third-order valence-corrected chi connectivity index (χ3v) is 5.57. The van der Waals surface area contributed by atoms with Gasteiger partial charge < -0.3 is 9.84 Å². The van der Waals surface area contributed by atoms with E-state index in [1.54, 1.807) is 25.3 Å². The molecule has 0 aliphatic carbocycles. The molecule has 1 heterocycles. The van der Waals surface area contributed by atoms with Crippen molar-refractivity contribution in [2.75, 3.05) is 13.7 Å². The van der Waals surface area contributed by atoms with Crippen molar-refractivity contribution in [1.29, 1.82) is 0 Å². The fourth-order valence-electron chi connectivity index (χ4n) is 2.66. The van der Waals surface area contributed by atoms with Gasteiger partial charge in [0.15, 0.2) is 16.7 Å². The number of amides is 1. The van der Waals surface area contributed by atoms with Gasteiger partial charge in [0.25, 0.3) is 5.91 Å². The number of thioether (sulfide) groups is 1. The predicted molar refractivity (Wildman–Crippen MR) is 116 cm³/mol. The van der Waals surface area contributed by atoms with Crippen LogP contribution in [0, 0.1) is 0 Å². The van der Waals surface area contributed by atoms with Crippen LogP contribution in [0.25, 0.3) is 6.08 Å². The second-order valence-corrected chi connectivity index (χ2v) is 7.59. The Balaban J connectivity index is 1.89. The standard InChI is InChI=1S/C21H21ClN2O3S/c1-4-13-6-8-15(9-7-13)23-21-24(3)20(26)18(28-21)12-14-10-16(22)19(25)17(11-14)27-5-2/h6-12,25H,4-5H2,1-3H3/b18-12+,23-21?. The molecule has 2 aromatic rings. The molecule has 1 saturated heterocycles. The molecule has 28 heavy (non-hydrogen) atoms. The van der Waals surface area contributed by atoms with Crippen LogP contribution in [-0.2, 0) is 11.2 Å². The molecular formula is C21H21ClN2O3S. The monoisotopic (exact) mass is 416 g/mol. The van der Waals surface area contributed by atoms with Gasteiger partial charge in [-0.25, -0.2) is 4.99 Å². The lowest BCUT2D eigenvalue weighted by molar-refractivity contribution is -0.121. The molecule has 146 valence electrons. The van der Waals surface area contributed by atoms with E-state index >= 15 is 0 Å². The molecule has 0 saturated carbocycles. The highest BCUT2D eigenvalue weighted by molar-refractivity contribution is 8.18. The van der Waals surface area contributed by atoms with Gasteiger partial charge in [0, 0.05) is 7.05 Å². The number of phenols is 1. The van der Waals surface area contributed by atoms with Gasteiger partial charge in [0.05, 0.1) is 22.2 Å². The van der Waals surface area contributed by atoms with E-state index in [-0.39, 0.29) is 22.4 Å². The number of aryl methyl sites for hydroxylation is 1. The molecule has 2 aromatic carbocycles. The largest absolute Gasteiger partial charge is 0.503 e. The van der Waals surface area contributed by atoms with Gasteiger partial charge in [-0.05, 0) is 66.6 Å². The van der Waals surface area contributed by atoms with Crippen molar-refractivity contribution in [2.45, 2.75) is 20.3 Å². The fourth-order valence-corrected chi connectivity index (χ4v) is 3.87. The van der Waals surface area contributed by atoms with Crippen molar-refractivity contribution in [3.8, 4) is 11.5 Å². The Labute approximate surface area is 173 Å². The highest BCUT2D eigenvalue weighted by atomic mass is 35.5. The minimum absolute atomic E-state index is 0.106. The number of nitrogens with zero attached hydrogens (tertiary/aromatic N) is 2. The molecule has 1 N–H and O–H groups in total. The summed E-state index contributed by atoms with van der Waals surface area (Å²) in [5, 5.41) is 10.8. The number of benzene rings is 2. The van der Waals surface area contributed by atoms with Gasteiger partial charge in [-0.15, -0.1) is 0 Å². The summed E-state index contributed by atoms with van der Waals surface area (Å²) in [6, 6.07) is 11.2. The Bertz CT molecular complexity index is 955. The van der Waals surface area contributed by atoms with E-state index < -0.39 is 0 Å². The lowest BCUT2D eigenvalue weighted by atomic mass is 10.1. The number of halogens is 1. The summed E-state index contributed by atoms with van der Waals surface area (Å²) in [6.45, 7) is 4.32. The summed E-state index contributed by atoms with van der Waals surface area (Å²) in [6.07, 6.45) is 2.69. The average molecular weight is 417 g/mol. The Morgan fingerprint density at radius 2 is 1.96 bits per heavy atom. The molecule has 1 aliphatic rings. The zero-order chi connectivity index (χ0) is 20.3. The number of hydrogen-bond acceptors (Lipinski definition) is 5. The van der Waals surface area contributed by atoms with Gasteiger partial charge >= 0.3 is 0 Å². The van der Waals surface area contributed by atoms with Crippen LogP contribution in [0.15, 0.2) is 46.3 Å². The van der Waals surface area contributed by atoms with Crippen molar-refractivity contribution in [3.05, 3.63) is 57.5 Å². The summed E-state index contributed by atoms with van der Waals surface area (Å²) < 4.78 is 5.40. The number of amidine groups is 1. The Morgan fingerprint density at radius 1 is 1.25 bits per heavy atom. The molecule has 0 bridgehead atoms. The SMILES string of the molecule is CCOc1cc(/C=C2/SC(=Nc3ccc(CC)cc3)N(C)C2=O)cc(Cl)c1O. The molecule has 1 aliphatic heterocycles. The van der Waals surface area contributed by atoms with E-state index in [9.17, 15) is 9.90 Å². The maximum Gasteiger partial charge on any atom is 0.266 e. The van der Waals surface area contributed by atoms with Crippen LogP contribution < -0.4 is 4.74 Å². The first kappa shape index (κ1) is 20.3. The molecule has 3 rings (SSSR count). The van der Waals surface area contributed by atoms with Crippen molar-refractivity contribution in [2.24, 2.45) is 4.99 Å². The molecule has 1 amide bonds. The summed E-state index contributed by atoms with van der Waals surface area (Å²) in [7, 11) is 1.70. The zero-order valence-corrected chi connectivity index (χ0v) is 17.5. The van der Waals surface area contributed by atoms with Crippen molar-refractivity contribution in [1.82, 2.24) is 4.90 Å². The Morgan fingerprint density at radius 3 is 2.61 bits per heavy atom. The van der Waals surface area contributed by atoms with Crippen LogP contribution in [0.5, 0.6) is 11.5 Å². The number of ether oxygens (including phenoxy) is 1. The van der Waals surface area contributed by atoms with Crippen LogP contribution in [-0.4, -0.2) is 34.7 Å². The number of hydrogen-bond donors (Lipinski definition) is 1. The minimum atomic E-state index is -0.143. The quantitative estimate of drug-likeness (QED) is 0.677. The number of carbonyl (C=O) groups is 1. The minimum Gasteiger partial charge on any atom is -0.503 e. The average Bonchev–Trinajstić information content (AvgIpc) is 2.94. The molecular weight excluding hydrogens is 396 g/mol. The fraction of sp³-hybridized carbons (Fsp3) is 0.238. The van der Waals surface area contributed by atoms with E-state index in [0.717, 1.165) is 12.1 Å². The number of aromatic hydroxyl groups is 1. The molecule has 0 spiro atoms. The van der Waals surface area contributed by atoms with Crippen molar-refractivity contribution >= 4 is 46.2 Å².